The van der Waals surface area contributed by atoms with Gasteiger partial charge in [-0.15, -0.1) is 0 Å². The Kier molecular flexibility index (Phi) is 6.35. The summed E-state index contributed by atoms with van der Waals surface area (Å²) >= 11 is 6.26. The van der Waals surface area contributed by atoms with Crippen LogP contribution in [0.2, 0.25) is 10.8 Å². The lowest BCUT2D eigenvalue weighted by Crippen LogP contribution is -2.45. The number of likely N-dealkylation sites (N-methyl/N-ethyl adjacent to an activating group) is 1. The molecule has 1 aliphatic rings. The second kappa shape index (κ2) is 8.79. The second-order valence-electron chi connectivity index (χ2n) is 8.03. The first-order valence-corrected chi connectivity index (χ1v) is 11.8. The summed E-state index contributed by atoms with van der Waals surface area (Å²) in [7, 11) is 3.11. The number of phosphoric acid groups is 1. The highest BCUT2D eigenvalue weighted by atomic mass is 35.5. The summed E-state index contributed by atoms with van der Waals surface area (Å²) in [5.74, 6) is -2.61. The van der Waals surface area contributed by atoms with Crippen molar-refractivity contribution in [2.45, 2.75) is 17.8 Å². The van der Waals surface area contributed by atoms with E-state index in [4.69, 9.17) is 28.4 Å². The highest BCUT2D eigenvalue weighted by molar-refractivity contribution is 7.46. The number of benzene rings is 2. The molecule has 2 heterocycles. The van der Waals surface area contributed by atoms with Crippen molar-refractivity contribution < 1.29 is 33.5 Å². The third kappa shape index (κ3) is 4.68. The molecule has 33 heavy (non-hydrogen) atoms. The van der Waals surface area contributed by atoms with Crippen LogP contribution in [0.3, 0.4) is 0 Å². The molecule has 1 aromatic heterocycles. The van der Waals surface area contributed by atoms with Gasteiger partial charge in [-0.05, 0) is 25.7 Å². The smallest absolute Gasteiger partial charge is 0.469 e. The van der Waals surface area contributed by atoms with E-state index in [-0.39, 0.29) is 28.8 Å². The third-order valence-electron chi connectivity index (χ3n) is 5.62. The van der Waals surface area contributed by atoms with Gasteiger partial charge in [0.1, 0.15) is 28.2 Å². The Bertz CT molecular complexity index is 1330. The Hall–Kier alpha value is -2.33. The summed E-state index contributed by atoms with van der Waals surface area (Å²) in [6.45, 7) is 0.391. The molecule has 3 unspecified atom stereocenters. The summed E-state index contributed by atoms with van der Waals surface area (Å²) in [6.07, 6.45) is -1.15. The van der Waals surface area contributed by atoms with Gasteiger partial charge in [-0.3, -0.25) is 9.32 Å². The van der Waals surface area contributed by atoms with Crippen LogP contribution in [-0.4, -0.2) is 59.0 Å². The van der Waals surface area contributed by atoms with Crippen molar-refractivity contribution in [2.24, 2.45) is 0 Å². The topological polar surface area (TPSA) is 141 Å². The van der Waals surface area contributed by atoms with E-state index in [0.717, 1.165) is 6.07 Å². The highest BCUT2D eigenvalue weighted by Gasteiger charge is 2.41. The summed E-state index contributed by atoms with van der Waals surface area (Å²) in [4.78, 5) is 33.6. The third-order valence-corrected chi connectivity index (χ3v) is 6.49. The number of phosphoric ester groups is 1. The minimum atomic E-state index is -4.93. The summed E-state index contributed by atoms with van der Waals surface area (Å²) < 4.78 is 22.6. The van der Waals surface area contributed by atoms with Gasteiger partial charge >= 0.3 is 7.82 Å². The minimum Gasteiger partial charge on any atom is -0.507 e. The number of phenolic OH excluding ortho intramolecular Hbond substituents is 2. The average Bonchev–Trinajstić information content (AvgIpc) is 2.68. The van der Waals surface area contributed by atoms with E-state index >= 15 is 0 Å². The van der Waals surface area contributed by atoms with Gasteiger partial charge in [0.25, 0.3) is 0 Å². The van der Waals surface area contributed by atoms with Crippen LogP contribution < -0.4 is 5.43 Å². The van der Waals surface area contributed by atoms with Crippen molar-refractivity contribution in [3.63, 3.8) is 0 Å². The maximum absolute atomic E-state index is 13.0. The van der Waals surface area contributed by atoms with Crippen molar-refractivity contribution in [3.05, 3.63) is 57.2 Å². The summed E-state index contributed by atoms with van der Waals surface area (Å²) in [5, 5.41) is 21.3. The molecule has 2 aromatic carbocycles. The summed E-state index contributed by atoms with van der Waals surface area (Å²) in [5.41, 5.74) is -0.353. The standard InChI is InChI=1S/C21H20BClNO8P/c1-24-8-11(22)18(17(9-24)32-33(28,29)30)20-14(26)6-13(25)19-15(27)7-16(31-21(19)20)10-4-2-3-5-12(10)23/h2-7,11,17-18,25-26H,8-9H2,1H3,(H2,28,29,30). The van der Waals surface area contributed by atoms with Crippen molar-refractivity contribution in [2.75, 3.05) is 20.1 Å². The number of nitrogens with zero attached hydrogens (tertiary/aromatic N) is 1. The number of aromatic hydroxyl groups is 2. The molecule has 1 saturated heterocycles. The number of fused-ring (bicyclic) bond motifs is 1. The first-order valence-electron chi connectivity index (χ1n) is 9.92. The molecule has 3 aromatic rings. The van der Waals surface area contributed by atoms with Gasteiger partial charge in [0.05, 0.1) is 19.0 Å². The van der Waals surface area contributed by atoms with Crippen LogP contribution in [0.25, 0.3) is 22.3 Å². The molecule has 1 fully saturated rings. The first kappa shape index (κ1) is 23.8. The zero-order valence-corrected chi connectivity index (χ0v) is 19.0. The monoisotopic (exact) mass is 491 g/mol. The lowest BCUT2D eigenvalue weighted by atomic mass is 9.68. The predicted octanol–water partition coefficient (Wildman–Crippen LogP) is 2.99. The van der Waals surface area contributed by atoms with E-state index in [1.54, 1.807) is 36.2 Å². The van der Waals surface area contributed by atoms with E-state index in [1.165, 1.54) is 6.07 Å². The normalized spacial score (nSPS) is 22.0. The number of rotatable bonds is 4. The molecule has 0 amide bonds. The average molecular weight is 492 g/mol. The van der Waals surface area contributed by atoms with Crippen LogP contribution in [0.15, 0.2) is 45.6 Å². The molecule has 4 N–H and O–H groups in total. The molecule has 0 aliphatic carbocycles. The molecule has 0 spiro atoms. The van der Waals surface area contributed by atoms with Gasteiger partial charge in [-0.1, -0.05) is 29.6 Å². The van der Waals surface area contributed by atoms with Gasteiger partial charge in [0.15, 0.2) is 5.43 Å². The van der Waals surface area contributed by atoms with Gasteiger partial charge in [-0.2, -0.15) is 0 Å². The number of phenols is 2. The number of hydrogen-bond acceptors (Lipinski definition) is 7. The Morgan fingerprint density at radius 2 is 1.88 bits per heavy atom. The zero-order valence-electron chi connectivity index (χ0n) is 17.4. The molecular weight excluding hydrogens is 471 g/mol. The summed E-state index contributed by atoms with van der Waals surface area (Å²) in [6, 6.07) is 8.79. The number of halogens is 1. The van der Waals surface area contributed by atoms with Crippen LogP contribution in [0.1, 0.15) is 11.5 Å². The van der Waals surface area contributed by atoms with Crippen LogP contribution in [0, 0.1) is 0 Å². The lowest BCUT2D eigenvalue weighted by molar-refractivity contribution is 0.0550. The zero-order chi connectivity index (χ0) is 24.1. The fraction of sp³-hybridized carbons (Fsp3) is 0.286. The van der Waals surface area contributed by atoms with E-state index in [2.05, 4.69) is 0 Å². The highest BCUT2D eigenvalue weighted by Crippen LogP contribution is 2.50. The van der Waals surface area contributed by atoms with Crippen LogP contribution in [0.5, 0.6) is 11.5 Å². The quantitative estimate of drug-likeness (QED) is 0.320. The Morgan fingerprint density at radius 3 is 2.55 bits per heavy atom. The molecule has 3 atom stereocenters. The largest absolute Gasteiger partial charge is 0.507 e. The molecule has 2 radical (unpaired) electrons. The Morgan fingerprint density at radius 1 is 1.18 bits per heavy atom. The molecule has 12 heteroatoms. The molecule has 9 nitrogen and oxygen atoms in total. The van der Waals surface area contributed by atoms with Crippen molar-refractivity contribution in [3.8, 4) is 22.8 Å². The van der Waals surface area contributed by atoms with E-state index in [9.17, 15) is 29.4 Å². The minimum absolute atomic E-state index is 0.00727. The van der Waals surface area contributed by atoms with E-state index < -0.39 is 42.6 Å². The van der Waals surface area contributed by atoms with Gasteiger partial charge < -0.3 is 29.3 Å². The molecular formula is C21H20BClNO8P. The number of piperidine rings is 1. The predicted molar refractivity (Wildman–Crippen MR) is 123 cm³/mol. The van der Waals surface area contributed by atoms with E-state index in [1.807, 2.05) is 0 Å². The van der Waals surface area contributed by atoms with Crippen LogP contribution in [0.4, 0.5) is 0 Å². The Balaban J connectivity index is 2.01. The fourth-order valence-electron chi connectivity index (χ4n) is 4.36. The van der Waals surface area contributed by atoms with Crippen LogP contribution >= 0.6 is 19.4 Å². The van der Waals surface area contributed by atoms with Crippen molar-refractivity contribution in [1.82, 2.24) is 4.90 Å². The Labute approximate surface area is 194 Å². The van der Waals surface area contributed by atoms with E-state index in [0.29, 0.717) is 17.1 Å². The lowest BCUT2D eigenvalue weighted by Gasteiger charge is -2.41. The molecule has 4 rings (SSSR count). The maximum atomic E-state index is 13.0. The fourth-order valence-corrected chi connectivity index (χ4v) is 5.14. The number of likely N-dealkylation sites (tertiary alicyclic amines) is 1. The number of hydrogen-bond donors (Lipinski definition) is 4. The van der Waals surface area contributed by atoms with Crippen molar-refractivity contribution >= 4 is 38.2 Å². The maximum Gasteiger partial charge on any atom is 0.469 e. The van der Waals surface area contributed by atoms with Gasteiger partial charge in [0, 0.05) is 35.7 Å². The van der Waals surface area contributed by atoms with Gasteiger partial charge in [0.2, 0.25) is 0 Å². The van der Waals surface area contributed by atoms with Crippen LogP contribution in [-0.2, 0) is 9.09 Å². The first-order chi connectivity index (χ1) is 15.5. The SMILES string of the molecule is [B]C1CN(C)CC(OP(=O)(O)O)C1c1c(O)cc(O)c2c(=O)cc(-c3ccccc3Cl)oc12. The van der Waals surface area contributed by atoms with Gasteiger partial charge in [-0.25, -0.2) is 4.57 Å². The molecule has 0 saturated carbocycles. The second-order valence-corrected chi connectivity index (χ2v) is 9.63. The molecule has 172 valence electrons. The molecule has 1 aliphatic heterocycles. The molecule has 0 bridgehead atoms. The van der Waals surface area contributed by atoms with Crippen molar-refractivity contribution in [1.29, 1.82) is 0 Å².